The third kappa shape index (κ3) is 4.35. The predicted molar refractivity (Wildman–Crippen MR) is 86.4 cm³/mol. The smallest absolute Gasteiger partial charge is 0.241 e. The van der Waals surface area contributed by atoms with Gasteiger partial charge in [-0.15, -0.1) is 0 Å². The number of carbonyl (C=O) groups excluding carboxylic acids is 1. The average Bonchev–Trinajstić information content (AvgIpc) is 3.12. The Morgan fingerprint density at radius 1 is 1.19 bits per heavy atom. The number of nitrogens with zero attached hydrogens (tertiary/aromatic N) is 2. The summed E-state index contributed by atoms with van der Waals surface area (Å²) < 4.78 is 0. The molecule has 0 atom stereocenters. The molecule has 0 bridgehead atoms. The van der Waals surface area contributed by atoms with Crippen molar-refractivity contribution < 1.29 is 4.79 Å². The van der Waals surface area contributed by atoms with Gasteiger partial charge in [-0.1, -0.05) is 19.8 Å². The van der Waals surface area contributed by atoms with E-state index in [1.807, 2.05) is 0 Å². The third-order valence-corrected chi connectivity index (χ3v) is 4.68. The number of nitrogens with one attached hydrogen (secondary N) is 2. The Kier molecular flexibility index (Phi) is 5.88. The summed E-state index contributed by atoms with van der Waals surface area (Å²) in [5.41, 5.74) is 0.528. The molecule has 1 aliphatic carbocycles. The van der Waals surface area contributed by atoms with Gasteiger partial charge in [0.25, 0.3) is 0 Å². The van der Waals surface area contributed by atoms with Crippen molar-refractivity contribution in [3.8, 4) is 0 Å². The normalized spacial score (nSPS) is 21.0. The molecule has 1 amide bonds. The first-order valence-corrected chi connectivity index (χ1v) is 8.49. The average molecular weight is 294 g/mol. The number of guanidine groups is 1. The van der Waals surface area contributed by atoms with Gasteiger partial charge in [0.05, 0.1) is 0 Å². The van der Waals surface area contributed by atoms with Crippen LogP contribution in [0.2, 0.25) is 0 Å². The van der Waals surface area contributed by atoms with Crippen LogP contribution in [-0.2, 0) is 4.79 Å². The summed E-state index contributed by atoms with van der Waals surface area (Å²) in [5, 5.41) is 6.21. The van der Waals surface area contributed by atoms with E-state index in [0.29, 0.717) is 5.41 Å². The maximum atomic E-state index is 11.7. The number of carbonyl (C=O) groups is 1. The number of hydrogen-bond donors (Lipinski definition) is 2. The number of aliphatic imine (C=N–C) groups is 1. The Hall–Kier alpha value is -1.26. The van der Waals surface area contributed by atoms with Gasteiger partial charge >= 0.3 is 0 Å². The molecule has 1 aliphatic heterocycles. The fourth-order valence-electron chi connectivity index (χ4n) is 3.54. The van der Waals surface area contributed by atoms with Crippen LogP contribution in [0.15, 0.2) is 4.99 Å². The largest absolute Gasteiger partial charge is 0.357 e. The lowest BCUT2D eigenvalue weighted by Crippen LogP contribution is -2.41. The first-order valence-electron chi connectivity index (χ1n) is 8.49. The van der Waals surface area contributed by atoms with Crippen LogP contribution in [0.5, 0.6) is 0 Å². The minimum atomic E-state index is 0.0158. The SMILES string of the molecule is CCCNC(=O)CN=C(NCC)N1CCC2(CCCC2)C1. The van der Waals surface area contributed by atoms with E-state index in [1.54, 1.807) is 0 Å². The van der Waals surface area contributed by atoms with E-state index in [2.05, 4.69) is 34.4 Å². The van der Waals surface area contributed by atoms with Crippen molar-refractivity contribution in [3.63, 3.8) is 0 Å². The summed E-state index contributed by atoms with van der Waals surface area (Å²) in [5.74, 6) is 0.926. The van der Waals surface area contributed by atoms with Gasteiger partial charge in [-0.3, -0.25) is 4.79 Å². The molecule has 1 heterocycles. The fourth-order valence-corrected chi connectivity index (χ4v) is 3.54. The van der Waals surface area contributed by atoms with E-state index in [4.69, 9.17) is 0 Å². The molecule has 120 valence electrons. The maximum absolute atomic E-state index is 11.7. The molecule has 21 heavy (non-hydrogen) atoms. The molecule has 0 aromatic carbocycles. The molecule has 1 saturated heterocycles. The highest BCUT2D eigenvalue weighted by atomic mass is 16.1. The molecule has 2 aliphatic rings. The second-order valence-corrected chi connectivity index (χ2v) is 6.40. The molecular weight excluding hydrogens is 264 g/mol. The lowest BCUT2D eigenvalue weighted by Gasteiger charge is -2.25. The maximum Gasteiger partial charge on any atom is 0.241 e. The van der Waals surface area contributed by atoms with Crippen molar-refractivity contribution in [3.05, 3.63) is 0 Å². The minimum absolute atomic E-state index is 0.0158. The molecule has 1 saturated carbocycles. The molecule has 5 nitrogen and oxygen atoms in total. The van der Waals surface area contributed by atoms with E-state index in [0.717, 1.165) is 38.6 Å². The van der Waals surface area contributed by atoms with Gasteiger partial charge in [0.2, 0.25) is 5.91 Å². The molecule has 1 spiro atoms. The van der Waals surface area contributed by atoms with Crippen LogP contribution in [-0.4, -0.2) is 49.5 Å². The summed E-state index contributed by atoms with van der Waals surface area (Å²) in [6.07, 6.45) is 7.71. The van der Waals surface area contributed by atoms with Crippen molar-refractivity contribution >= 4 is 11.9 Å². The quantitative estimate of drug-likeness (QED) is 0.600. The van der Waals surface area contributed by atoms with Gasteiger partial charge in [-0.05, 0) is 38.0 Å². The third-order valence-electron chi connectivity index (χ3n) is 4.68. The Bertz CT molecular complexity index is 374. The molecule has 2 fully saturated rings. The summed E-state index contributed by atoms with van der Waals surface area (Å²) in [6.45, 7) is 8.12. The molecule has 2 N–H and O–H groups in total. The Morgan fingerprint density at radius 3 is 2.62 bits per heavy atom. The van der Waals surface area contributed by atoms with Crippen LogP contribution in [0.25, 0.3) is 0 Å². The van der Waals surface area contributed by atoms with Crippen molar-refractivity contribution in [2.75, 3.05) is 32.7 Å². The van der Waals surface area contributed by atoms with Gasteiger partial charge in [0.1, 0.15) is 6.54 Å². The summed E-state index contributed by atoms with van der Waals surface area (Å²) in [4.78, 5) is 18.6. The van der Waals surface area contributed by atoms with Crippen LogP contribution in [0.1, 0.15) is 52.4 Å². The summed E-state index contributed by atoms with van der Waals surface area (Å²) >= 11 is 0. The lowest BCUT2D eigenvalue weighted by atomic mass is 9.86. The first kappa shape index (κ1) is 16.1. The zero-order valence-electron chi connectivity index (χ0n) is 13.6. The van der Waals surface area contributed by atoms with Gasteiger partial charge < -0.3 is 15.5 Å². The van der Waals surface area contributed by atoms with Crippen molar-refractivity contribution in [1.29, 1.82) is 0 Å². The zero-order chi connectivity index (χ0) is 15.1. The second-order valence-electron chi connectivity index (χ2n) is 6.40. The van der Waals surface area contributed by atoms with Crippen LogP contribution in [0, 0.1) is 5.41 Å². The van der Waals surface area contributed by atoms with Crippen LogP contribution in [0.3, 0.4) is 0 Å². The van der Waals surface area contributed by atoms with Crippen molar-refractivity contribution in [2.45, 2.75) is 52.4 Å². The van der Waals surface area contributed by atoms with Crippen molar-refractivity contribution in [1.82, 2.24) is 15.5 Å². The van der Waals surface area contributed by atoms with E-state index in [9.17, 15) is 4.79 Å². The second kappa shape index (κ2) is 7.66. The van der Waals surface area contributed by atoms with Gasteiger partial charge in [0.15, 0.2) is 5.96 Å². The van der Waals surface area contributed by atoms with E-state index in [-0.39, 0.29) is 12.5 Å². The summed E-state index contributed by atoms with van der Waals surface area (Å²) in [6, 6.07) is 0. The fraction of sp³-hybridized carbons (Fsp3) is 0.875. The number of hydrogen-bond acceptors (Lipinski definition) is 2. The standard InChI is InChI=1S/C16H30N4O/c1-3-10-18-14(21)12-19-15(17-4-2)20-11-9-16(13-20)7-5-6-8-16/h3-13H2,1-2H3,(H,17,19)(H,18,21). The summed E-state index contributed by atoms with van der Waals surface area (Å²) in [7, 11) is 0. The molecule has 5 heteroatoms. The van der Waals surface area contributed by atoms with Gasteiger partial charge in [-0.25, -0.2) is 4.99 Å². The van der Waals surface area contributed by atoms with E-state index >= 15 is 0 Å². The Balaban J connectivity index is 1.90. The number of likely N-dealkylation sites (tertiary alicyclic amines) is 1. The highest BCUT2D eigenvalue weighted by molar-refractivity contribution is 5.85. The van der Waals surface area contributed by atoms with E-state index < -0.39 is 0 Å². The lowest BCUT2D eigenvalue weighted by molar-refractivity contribution is -0.119. The minimum Gasteiger partial charge on any atom is -0.357 e. The molecule has 0 unspecified atom stereocenters. The predicted octanol–water partition coefficient (Wildman–Crippen LogP) is 1.74. The molecule has 0 radical (unpaired) electrons. The molecule has 2 rings (SSSR count). The highest BCUT2D eigenvalue weighted by Gasteiger charge is 2.41. The van der Waals surface area contributed by atoms with Gasteiger partial charge in [-0.2, -0.15) is 0 Å². The van der Waals surface area contributed by atoms with Gasteiger partial charge in [0, 0.05) is 26.2 Å². The highest BCUT2D eigenvalue weighted by Crippen LogP contribution is 2.45. The molecule has 0 aromatic heterocycles. The number of rotatable bonds is 5. The van der Waals surface area contributed by atoms with Crippen molar-refractivity contribution in [2.24, 2.45) is 10.4 Å². The Morgan fingerprint density at radius 2 is 1.95 bits per heavy atom. The van der Waals surface area contributed by atoms with Crippen LogP contribution < -0.4 is 10.6 Å². The topological polar surface area (TPSA) is 56.7 Å². The van der Waals surface area contributed by atoms with Crippen LogP contribution >= 0.6 is 0 Å². The Labute approximate surface area is 128 Å². The number of amides is 1. The zero-order valence-corrected chi connectivity index (χ0v) is 13.6. The monoisotopic (exact) mass is 294 g/mol. The van der Waals surface area contributed by atoms with E-state index in [1.165, 1.54) is 32.1 Å². The molecule has 0 aromatic rings. The molecular formula is C16H30N4O. The van der Waals surface area contributed by atoms with Crippen LogP contribution in [0.4, 0.5) is 0 Å². The first-order chi connectivity index (χ1) is 10.2.